The standard InChI is InChI=1S/C21H34O3/c1-13(22)21(24)11-8-18-16-5-4-14-12-15(23)6-9-19(14,2)17(16)7-10-20(18,21)3/h14-18,23-24H,4-12H2,1-3H3/t14?,15-,16-,17+,18+,19+,20+,21+/m1/s1. The van der Waals surface area contributed by atoms with E-state index >= 15 is 0 Å². The minimum Gasteiger partial charge on any atom is -0.393 e. The van der Waals surface area contributed by atoms with Gasteiger partial charge in [0.25, 0.3) is 0 Å². The highest BCUT2D eigenvalue weighted by molar-refractivity contribution is 5.86. The predicted molar refractivity (Wildman–Crippen MR) is 93.4 cm³/mol. The average molecular weight is 335 g/mol. The molecule has 0 radical (unpaired) electrons. The molecule has 8 atom stereocenters. The van der Waals surface area contributed by atoms with Crippen molar-refractivity contribution >= 4 is 5.78 Å². The Hall–Kier alpha value is -0.410. The third-order valence-electron chi connectivity index (χ3n) is 9.37. The first-order chi connectivity index (χ1) is 11.2. The van der Waals surface area contributed by atoms with Crippen molar-refractivity contribution in [2.75, 3.05) is 0 Å². The van der Waals surface area contributed by atoms with Gasteiger partial charge in [-0.15, -0.1) is 0 Å². The van der Waals surface area contributed by atoms with Gasteiger partial charge in [0.15, 0.2) is 5.78 Å². The van der Waals surface area contributed by atoms with E-state index in [1.807, 2.05) is 0 Å². The second kappa shape index (κ2) is 5.30. The quantitative estimate of drug-likeness (QED) is 0.768. The fourth-order valence-electron chi connectivity index (χ4n) is 7.83. The second-order valence-corrected chi connectivity index (χ2v) is 10.00. The van der Waals surface area contributed by atoms with E-state index in [0.29, 0.717) is 29.6 Å². The first-order valence-electron chi connectivity index (χ1n) is 10.1. The van der Waals surface area contributed by atoms with E-state index in [1.165, 1.54) is 12.8 Å². The van der Waals surface area contributed by atoms with Crippen molar-refractivity contribution in [3.63, 3.8) is 0 Å². The lowest BCUT2D eigenvalue weighted by molar-refractivity contribution is -0.170. The van der Waals surface area contributed by atoms with Gasteiger partial charge >= 0.3 is 0 Å². The molecular weight excluding hydrogens is 300 g/mol. The van der Waals surface area contributed by atoms with Gasteiger partial charge in [0.2, 0.25) is 0 Å². The average Bonchev–Trinajstić information content (AvgIpc) is 2.81. The van der Waals surface area contributed by atoms with Gasteiger partial charge in [0.1, 0.15) is 5.60 Å². The molecule has 4 rings (SSSR count). The molecule has 0 saturated heterocycles. The van der Waals surface area contributed by atoms with Crippen molar-refractivity contribution in [3.05, 3.63) is 0 Å². The van der Waals surface area contributed by atoms with Crippen LogP contribution in [-0.4, -0.2) is 27.7 Å². The van der Waals surface area contributed by atoms with Gasteiger partial charge in [0, 0.05) is 5.41 Å². The number of Topliss-reactive ketones (excluding diaryl/α,β-unsaturated/α-hetero) is 1. The topological polar surface area (TPSA) is 57.5 Å². The van der Waals surface area contributed by atoms with Crippen LogP contribution in [0.1, 0.15) is 78.6 Å². The molecule has 3 nitrogen and oxygen atoms in total. The summed E-state index contributed by atoms with van der Waals surface area (Å²) in [6, 6.07) is 0. The fraction of sp³-hybridized carbons (Fsp3) is 0.952. The Balaban J connectivity index is 1.65. The fourth-order valence-corrected chi connectivity index (χ4v) is 7.83. The summed E-state index contributed by atoms with van der Waals surface area (Å²) < 4.78 is 0. The SMILES string of the molecule is CC(=O)[C@@]1(O)CC[C@H]2[C@@H]3CCC4C[C@H](O)CC[C@]4(C)[C@H]3CC[C@@]21C. The van der Waals surface area contributed by atoms with Crippen LogP contribution in [0.3, 0.4) is 0 Å². The van der Waals surface area contributed by atoms with Crippen LogP contribution >= 0.6 is 0 Å². The van der Waals surface area contributed by atoms with E-state index in [2.05, 4.69) is 13.8 Å². The lowest BCUT2D eigenvalue weighted by Crippen LogP contribution is -2.58. The molecule has 4 aliphatic carbocycles. The molecule has 0 bridgehead atoms. The van der Waals surface area contributed by atoms with Crippen molar-refractivity contribution < 1.29 is 15.0 Å². The Morgan fingerprint density at radius 3 is 2.38 bits per heavy atom. The molecule has 4 aliphatic rings. The molecule has 3 heteroatoms. The third-order valence-corrected chi connectivity index (χ3v) is 9.37. The molecule has 136 valence electrons. The van der Waals surface area contributed by atoms with Crippen LogP contribution in [-0.2, 0) is 4.79 Å². The molecule has 0 aromatic carbocycles. The molecule has 0 aromatic rings. The molecule has 24 heavy (non-hydrogen) atoms. The maximum atomic E-state index is 12.2. The van der Waals surface area contributed by atoms with Crippen molar-refractivity contribution in [2.45, 2.75) is 90.3 Å². The normalized spacial score (nSPS) is 57.0. The minimum absolute atomic E-state index is 0.0216. The highest BCUT2D eigenvalue weighted by Crippen LogP contribution is 2.68. The number of aliphatic hydroxyl groups is 2. The number of hydrogen-bond donors (Lipinski definition) is 2. The maximum Gasteiger partial charge on any atom is 0.161 e. The van der Waals surface area contributed by atoms with Gasteiger partial charge in [-0.05, 0) is 93.8 Å². The number of hydrogen-bond acceptors (Lipinski definition) is 3. The van der Waals surface area contributed by atoms with Crippen molar-refractivity contribution in [3.8, 4) is 0 Å². The summed E-state index contributed by atoms with van der Waals surface area (Å²) in [5.74, 6) is 2.52. The van der Waals surface area contributed by atoms with Gasteiger partial charge in [-0.1, -0.05) is 13.8 Å². The van der Waals surface area contributed by atoms with Crippen molar-refractivity contribution in [1.82, 2.24) is 0 Å². The number of carbonyl (C=O) groups excluding carboxylic acids is 1. The third kappa shape index (κ3) is 2.00. The van der Waals surface area contributed by atoms with E-state index in [-0.39, 0.29) is 17.3 Å². The summed E-state index contributed by atoms with van der Waals surface area (Å²) in [4.78, 5) is 12.2. The zero-order chi connectivity index (χ0) is 17.3. The highest BCUT2D eigenvalue weighted by atomic mass is 16.3. The molecule has 0 aromatic heterocycles. The number of rotatable bonds is 1. The smallest absolute Gasteiger partial charge is 0.161 e. The van der Waals surface area contributed by atoms with Crippen LogP contribution in [0.4, 0.5) is 0 Å². The molecule has 4 fully saturated rings. The molecule has 0 aliphatic heterocycles. The summed E-state index contributed by atoms with van der Waals surface area (Å²) in [6.07, 6.45) is 9.25. The highest BCUT2D eigenvalue weighted by Gasteiger charge is 2.65. The summed E-state index contributed by atoms with van der Waals surface area (Å²) in [5.41, 5.74) is -0.957. The molecular formula is C21H34O3. The monoisotopic (exact) mass is 334 g/mol. The lowest BCUT2D eigenvalue weighted by Gasteiger charge is -2.61. The Kier molecular flexibility index (Phi) is 3.76. The van der Waals surface area contributed by atoms with Crippen LogP contribution < -0.4 is 0 Å². The van der Waals surface area contributed by atoms with Crippen molar-refractivity contribution in [2.24, 2.45) is 34.5 Å². The Labute approximate surface area is 146 Å². The second-order valence-electron chi connectivity index (χ2n) is 10.00. The van der Waals surface area contributed by atoms with E-state index in [0.717, 1.165) is 44.4 Å². The first kappa shape index (κ1) is 17.0. The lowest BCUT2D eigenvalue weighted by atomic mass is 9.44. The van der Waals surface area contributed by atoms with Gasteiger partial charge in [0.05, 0.1) is 6.10 Å². The van der Waals surface area contributed by atoms with Gasteiger partial charge in [-0.2, -0.15) is 0 Å². The van der Waals surface area contributed by atoms with Crippen LogP contribution in [0.5, 0.6) is 0 Å². The zero-order valence-electron chi connectivity index (χ0n) is 15.6. The van der Waals surface area contributed by atoms with E-state index in [9.17, 15) is 15.0 Å². The Morgan fingerprint density at radius 1 is 0.958 bits per heavy atom. The summed E-state index contributed by atoms with van der Waals surface area (Å²) in [7, 11) is 0. The molecule has 0 amide bonds. The predicted octanol–water partition coefficient (Wildman–Crippen LogP) is 3.71. The van der Waals surface area contributed by atoms with Gasteiger partial charge < -0.3 is 10.2 Å². The molecule has 0 heterocycles. The summed E-state index contributed by atoms with van der Waals surface area (Å²) in [5, 5.41) is 21.3. The molecule has 0 spiro atoms. The van der Waals surface area contributed by atoms with Crippen LogP contribution in [0, 0.1) is 34.5 Å². The van der Waals surface area contributed by atoms with E-state index < -0.39 is 5.60 Å². The van der Waals surface area contributed by atoms with Crippen LogP contribution in [0.25, 0.3) is 0 Å². The van der Waals surface area contributed by atoms with Crippen LogP contribution in [0.2, 0.25) is 0 Å². The first-order valence-corrected chi connectivity index (χ1v) is 10.1. The van der Waals surface area contributed by atoms with E-state index in [4.69, 9.17) is 0 Å². The number of fused-ring (bicyclic) bond motifs is 5. The minimum atomic E-state index is -1.09. The van der Waals surface area contributed by atoms with Crippen LogP contribution in [0.15, 0.2) is 0 Å². The number of carbonyl (C=O) groups is 1. The zero-order valence-corrected chi connectivity index (χ0v) is 15.6. The number of ketones is 1. The van der Waals surface area contributed by atoms with E-state index in [1.54, 1.807) is 6.92 Å². The maximum absolute atomic E-state index is 12.2. The largest absolute Gasteiger partial charge is 0.393 e. The number of aliphatic hydroxyl groups excluding tert-OH is 1. The Bertz CT molecular complexity index is 545. The summed E-state index contributed by atoms with van der Waals surface area (Å²) in [6.45, 7) is 6.26. The van der Waals surface area contributed by atoms with Gasteiger partial charge in [-0.25, -0.2) is 0 Å². The summed E-state index contributed by atoms with van der Waals surface area (Å²) >= 11 is 0. The van der Waals surface area contributed by atoms with Crippen molar-refractivity contribution in [1.29, 1.82) is 0 Å². The molecule has 1 unspecified atom stereocenters. The van der Waals surface area contributed by atoms with Gasteiger partial charge in [-0.3, -0.25) is 4.79 Å². The Morgan fingerprint density at radius 2 is 1.67 bits per heavy atom. The molecule has 2 N–H and O–H groups in total. The molecule has 4 saturated carbocycles.